The molecule has 2 atom stereocenters. The molecule has 1 aliphatic rings. The van der Waals surface area contributed by atoms with E-state index in [1.807, 2.05) is 13.8 Å². The highest BCUT2D eigenvalue weighted by Gasteiger charge is 2.34. The third kappa shape index (κ3) is 3.68. The van der Waals surface area contributed by atoms with Gasteiger partial charge < -0.3 is 10.0 Å². The van der Waals surface area contributed by atoms with Gasteiger partial charge in [-0.2, -0.15) is 0 Å². The number of carbonyl (C=O) groups is 1. The molecule has 1 heterocycles. The van der Waals surface area contributed by atoms with Crippen molar-refractivity contribution in [3.05, 3.63) is 0 Å². The van der Waals surface area contributed by atoms with Gasteiger partial charge >= 0.3 is 5.97 Å². The minimum absolute atomic E-state index is 0.157. The van der Waals surface area contributed by atoms with E-state index in [0.29, 0.717) is 6.04 Å². The molecule has 0 radical (unpaired) electrons. The summed E-state index contributed by atoms with van der Waals surface area (Å²) in [7, 11) is 2.12. The number of likely N-dealkylation sites (N-methyl/N-ethyl adjacent to an activating group) is 1. The van der Waals surface area contributed by atoms with Crippen molar-refractivity contribution in [3.8, 4) is 0 Å². The van der Waals surface area contributed by atoms with E-state index in [-0.39, 0.29) is 12.0 Å². The molecule has 17 heavy (non-hydrogen) atoms. The Morgan fingerprint density at radius 2 is 2.06 bits per heavy atom. The van der Waals surface area contributed by atoms with Crippen molar-refractivity contribution in [2.24, 2.45) is 5.92 Å². The lowest BCUT2D eigenvalue weighted by Gasteiger charge is -2.36. The molecule has 2 unspecified atom stereocenters. The van der Waals surface area contributed by atoms with Gasteiger partial charge in [0.05, 0.1) is 0 Å². The first-order valence-electron chi connectivity index (χ1n) is 6.64. The van der Waals surface area contributed by atoms with E-state index in [1.54, 1.807) is 0 Å². The van der Waals surface area contributed by atoms with Gasteiger partial charge in [0.25, 0.3) is 0 Å². The Kier molecular flexibility index (Phi) is 5.40. The zero-order chi connectivity index (χ0) is 13.0. The summed E-state index contributed by atoms with van der Waals surface area (Å²) < 4.78 is 0. The fourth-order valence-corrected chi connectivity index (χ4v) is 2.80. The summed E-state index contributed by atoms with van der Waals surface area (Å²) in [6.07, 6.45) is 2.07. The zero-order valence-corrected chi connectivity index (χ0v) is 11.5. The van der Waals surface area contributed by atoms with Crippen LogP contribution < -0.4 is 0 Å². The van der Waals surface area contributed by atoms with Crippen LogP contribution in [0.3, 0.4) is 0 Å². The van der Waals surface area contributed by atoms with Crippen LogP contribution in [-0.2, 0) is 4.79 Å². The molecule has 0 bridgehead atoms. The van der Waals surface area contributed by atoms with E-state index in [1.165, 1.54) is 0 Å². The van der Waals surface area contributed by atoms with Crippen LogP contribution in [-0.4, -0.2) is 59.6 Å². The highest BCUT2D eigenvalue weighted by atomic mass is 16.4. The lowest BCUT2D eigenvalue weighted by atomic mass is 9.99. The van der Waals surface area contributed by atoms with Crippen LogP contribution in [0.5, 0.6) is 0 Å². The predicted octanol–water partition coefficient (Wildman–Crippen LogP) is 1.51. The molecule has 0 spiro atoms. The first-order chi connectivity index (χ1) is 7.97. The summed E-state index contributed by atoms with van der Waals surface area (Å²) in [6.45, 7) is 9.10. The molecule has 0 aromatic rings. The number of nitrogens with zero attached hydrogens (tertiary/aromatic N) is 2. The summed E-state index contributed by atoms with van der Waals surface area (Å²) in [4.78, 5) is 16.0. The summed E-state index contributed by atoms with van der Waals surface area (Å²) in [5.74, 6) is -0.520. The average Bonchev–Trinajstić information content (AvgIpc) is 2.39. The first-order valence-corrected chi connectivity index (χ1v) is 6.64. The maximum Gasteiger partial charge on any atom is 0.321 e. The Bertz CT molecular complexity index is 256. The third-order valence-electron chi connectivity index (χ3n) is 3.66. The molecule has 4 heteroatoms. The van der Waals surface area contributed by atoms with E-state index in [2.05, 4.69) is 23.8 Å². The zero-order valence-electron chi connectivity index (χ0n) is 11.5. The van der Waals surface area contributed by atoms with E-state index in [4.69, 9.17) is 0 Å². The minimum Gasteiger partial charge on any atom is -0.480 e. The van der Waals surface area contributed by atoms with Gasteiger partial charge in [0, 0.05) is 19.1 Å². The Labute approximate surface area is 105 Å². The topological polar surface area (TPSA) is 43.8 Å². The van der Waals surface area contributed by atoms with Gasteiger partial charge in [-0.25, -0.2) is 0 Å². The fourth-order valence-electron chi connectivity index (χ4n) is 2.80. The molecule has 0 saturated carbocycles. The van der Waals surface area contributed by atoms with Gasteiger partial charge in [0.2, 0.25) is 0 Å². The van der Waals surface area contributed by atoms with Crippen molar-refractivity contribution in [2.45, 2.75) is 45.7 Å². The smallest absolute Gasteiger partial charge is 0.321 e. The van der Waals surface area contributed by atoms with Crippen LogP contribution >= 0.6 is 0 Å². The second-order valence-electron chi connectivity index (χ2n) is 5.44. The summed E-state index contributed by atoms with van der Waals surface area (Å²) in [5.41, 5.74) is 0. The monoisotopic (exact) mass is 242 g/mol. The maximum absolute atomic E-state index is 11.4. The number of carboxylic acid groups (broad SMARTS) is 1. The lowest BCUT2D eigenvalue weighted by molar-refractivity contribution is -0.146. The van der Waals surface area contributed by atoms with Gasteiger partial charge in [-0.3, -0.25) is 9.69 Å². The van der Waals surface area contributed by atoms with Crippen molar-refractivity contribution in [1.29, 1.82) is 0 Å². The highest BCUT2D eigenvalue weighted by molar-refractivity contribution is 5.73. The standard InChI is InChI=1S/C13H26N2O2/c1-5-11-9-14(4)7-6-8-15(11)12(10(2)3)13(16)17/h10-12H,5-9H2,1-4H3,(H,16,17). The number of aliphatic carboxylic acids is 1. The third-order valence-corrected chi connectivity index (χ3v) is 3.66. The van der Waals surface area contributed by atoms with Gasteiger partial charge in [-0.1, -0.05) is 20.8 Å². The Morgan fingerprint density at radius 3 is 2.53 bits per heavy atom. The lowest BCUT2D eigenvalue weighted by Crippen LogP contribution is -2.51. The summed E-state index contributed by atoms with van der Waals surface area (Å²) in [5, 5.41) is 9.41. The van der Waals surface area contributed by atoms with Gasteiger partial charge in [-0.05, 0) is 32.4 Å². The summed E-state index contributed by atoms with van der Waals surface area (Å²) >= 11 is 0. The van der Waals surface area contributed by atoms with Crippen molar-refractivity contribution < 1.29 is 9.90 Å². The van der Waals surface area contributed by atoms with Crippen LogP contribution in [0.15, 0.2) is 0 Å². The number of carboxylic acids is 1. The minimum atomic E-state index is -0.678. The predicted molar refractivity (Wildman–Crippen MR) is 69.2 cm³/mol. The number of rotatable bonds is 4. The van der Waals surface area contributed by atoms with Crippen LogP contribution in [0.25, 0.3) is 0 Å². The van der Waals surface area contributed by atoms with E-state index in [9.17, 15) is 9.90 Å². The number of hydrogen-bond donors (Lipinski definition) is 1. The summed E-state index contributed by atoms with van der Waals surface area (Å²) in [6, 6.07) is 0.0254. The number of hydrogen-bond acceptors (Lipinski definition) is 3. The molecular weight excluding hydrogens is 216 g/mol. The Hall–Kier alpha value is -0.610. The van der Waals surface area contributed by atoms with Crippen molar-refractivity contribution in [1.82, 2.24) is 9.80 Å². The van der Waals surface area contributed by atoms with E-state index >= 15 is 0 Å². The Balaban J connectivity index is 2.86. The highest BCUT2D eigenvalue weighted by Crippen LogP contribution is 2.20. The molecule has 1 saturated heterocycles. The molecule has 0 aliphatic carbocycles. The largest absolute Gasteiger partial charge is 0.480 e. The molecule has 0 aromatic heterocycles. The average molecular weight is 242 g/mol. The van der Waals surface area contributed by atoms with Crippen LogP contribution in [0.1, 0.15) is 33.6 Å². The van der Waals surface area contributed by atoms with Crippen molar-refractivity contribution >= 4 is 5.97 Å². The Morgan fingerprint density at radius 1 is 1.41 bits per heavy atom. The van der Waals surface area contributed by atoms with E-state index in [0.717, 1.165) is 32.5 Å². The molecule has 0 aromatic carbocycles. The van der Waals surface area contributed by atoms with Gasteiger partial charge in [-0.15, -0.1) is 0 Å². The SMILES string of the molecule is CCC1CN(C)CCCN1C(C(=O)O)C(C)C. The molecule has 1 rings (SSSR count). The van der Waals surface area contributed by atoms with Crippen LogP contribution in [0.4, 0.5) is 0 Å². The van der Waals surface area contributed by atoms with Gasteiger partial charge in [0.1, 0.15) is 6.04 Å². The molecule has 1 fully saturated rings. The molecule has 1 aliphatic heterocycles. The quantitative estimate of drug-likeness (QED) is 0.811. The van der Waals surface area contributed by atoms with Gasteiger partial charge in [0.15, 0.2) is 0 Å². The molecule has 100 valence electrons. The molecule has 4 nitrogen and oxygen atoms in total. The second-order valence-corrected chi connectivity index (χ2v) is 5.44. The van der Waals surface area contributed by atoms with E-state index < -0.39 is 5.97 Å². The fraction of sp³-hybridized carbons (Fsp3) is 0.923. The first kappa shape index (κ1) is 14.5. The molecule has 1 N–H and O–H groups in total. The van der Waals surface area contributed by atoms with Crippen LogP contribution in [0.2, 0.25) is 0 Å². The van der Waals surface area contributed by atoms with Crippen LogP contribution in [0, 0.1) is 5.92 Å². The molecular formula is C13H26N2O2. The normalized spacial score (nSPS) is 25.8. The second kappa shape index (κ2) is 6.36. The maximum atomic E-state index is 11.4. The van der Waals surface area contributed by atoms with Crippen molar-refractivity contribution in [2.75, 3.05) is 26.7 Å². The molecule has 0 amide bonds. The van der Waals surface area contributed by atoms with Crippen molar-refractivity contribution in [3.63, 3.8) is 0 Å².